The zero-order chi connectivity index (χ0) is 28.9. The Balaban J connectivity index is 1.08. The molecule has 1 unspecified atom stereocenters. The lowest BCUT2D eigenvalue weighted by Crippen LogP contribution is -2.58. The lowest BCUT2D eigenvalue weighted by molar-refractivity contribution is -0.177. The Morgan fingerprint density at radius 2 is 1.80 bits per heavy atom. The third kappa shape index (κ3) is 5.46. The molecule has 2 aromatic rings. The molecule has 1 aliphatic carbocycles. The highest BCUT2D eigenvalue weighted by atomic mass is 19.4. The topological polar surface area (TPSA) is 83.0 Å². The fourth-order valence-electron chi connectivity index (χ4n) is 6.87. The molecule has 0 bridgehead atoms. The second-order valence-electron chi connectivity index (χ2n) is 11.8. The van der Waals surface area contributed by atoms with Crippen molar-refractivity contribution in [3.05, 3.63) is 64.2 Å². The van der Waals surface area contributed by atoms with E-state index in [1.807, 2.05) is 0 Å². The maximum Gasteiger partial charge on any atom is 0.417 e. The molecule has 1 N–H and O–H groups in total. The fourth-order valence-corrected chi connectivity index (χ4v) is 6.87. The molecule has 4 heterocycles. The third-order valence-electron chi connectivity index (χ3n) is 9.37. The summed E-state index contributed by atoms with van der Waals surface area (Å²) in [7, 11) is 0. The SMILES string of the molecule is O=C(O)c1cc(C2CCN(C3CC[C@@](C(=O)N4CCc5ncc(C(F)(F)F)cc5C4)(C4CC4)OC3)CC2)ccc1F. The molecule has 1 aromatic carbocycles. The number of nitrogens with zero attached hydrogens (tertiary/aromatic N) is 3. The number of amides is 1. The van der Waals surface area contributed by atoms with Crippen LogP contribution in [0.15, 0.2) is 30.5 Å². The first-order chi connectivity index (χ1) is 19.5. The first-order valence-electron chi connectivity index (χ1n) is 14.3. The van der Waals surface area contributed by atoms with Crippen molar-refractivity contribution in [2.75, 3.05) is 26.2 Å². The van der Waals surface area contributed by atoms with Crippen molar-refractivity contribution >= 4 is 11.9 Å². The van der Waals surface area contributed by atoms with E-state index in [0.29, 0.717) is 37.3 Å². The Labute approximate surface area is 235 Å². The van der Waals surface area contributed by atoms with E-state index < -0.39 is 29.1 Å². The van der Waals surface area contributed by atoms with Crippen LogP contribution >= 0.6 is 0 Å². The van der Waals surface area contributed by atoms with Crippen LogP contribution in [0.1, 0.15) is 77.2 Å². The van der Waals surface area contributed by atoms with Crippen molar-refractivity contribution in [1.82, 2.24) is 14.8 Å². The van der Waals surface area contributed by atoms with Gasteiger partial charge in [0, 0.05) is 37.4 Å². The number of aromatic carboxylic acids is 1. The van der Waals surface area contributed by atoms with E-state index in [1.54, 1.807) is 11.0 Å². The number of piperidine rings is 1. The summed E-state index contributed by atoms with van der Waals surface area (Å²) in [6, 6.07) is 5.60. The first-order valence-corrected chi connectivity index (χ1v) is 14.3. The number of rotatable bonds is 5. The second-order valence-corrected chi connectivity index (χ2v) is 11.8. The first kappa shape index (κ1) is 28.1. The zero-order valence-electron chi connectivity index (χ0n) is 22.6. The number of ether oxygens (including phenoxy) is 1. The summed E-state index contributed by atoms with van der Waals surface area (Å²) in [6.07, 6.45) is 1.59. The van der Waals surface area contributed by atoms with Crippen LogP contribution in [0.25, 0.3) is 0 Å². The highest BCUT2D eigenvalue weighted by Gasteiger charge is 2.56. The molecule has 7 nitrogen and oxygen atoms in total. The van der Waals surface area contributed by atoms with Gasteiger partial charge in [-0.1, -0.05) is 6.07 Å². The van der Waals surface area contributed by atoms with Crippen molar-refractivity contribution in [3.63, 3.8) is 0 Å². The molecule has 1 aromatic heterocycles. The number of carbonyl (C=O) groups is 2. The second kappa shape index (κ2) is 10.7. The molecule has 1 amide bonds. The Bertz CT molecular complexity index is 1330. The van der Waals surface area contributed by atoms with Gasteiger partial charge in [-0.3, -0.25) is 14.7 Å². The number of hydrogen-bond acceptors (Lipinski definition) is 5. The predicted molar refractivity (Wildman–Crippen MR) is 140 cm³/mol. The number of likely N-dealkylation sites (tertiary alicyclic amines) is 1. The normalized spacial score (nSPS) is 26.0. The van der Waals surface area contributed by atoms with E-state index in [9.17, 15) is 32.3 Å². The number of carboxylic acid groups (broad SMARTS) is 1. The van der Waals surface area contributed by atoms with Crippen molar-refractivity contribution < 1.29 is 37.0 Å². The van der Waals surface area contributed by atoms with Crippen LogP contribution in [-0.2, 0) is 28.7 Å². The van der Waals surface area contributed by atoms with Gasteiger partial charge < -0.3 is 14.7 Å². The Morgan fingerprint density at radius 3 is 2.44 bits per heavy atom. The Kier molecular flexibility index (Phi) is 7.30. The molecule has 2 saturated heterocycles. The third-order valence-corrected chi connectivity index (χ3v) is 9.37. The van der Waals surface area contributed by atoms with Crippen LogP contribution in [-0.4, -0.2) is 69.7 Å². The van der Waals surface area contributed by atoms with Gasteiger partial charge in [-0.2, -0.15) is 13.2 Å². The molecule has 11 heteroatoms. The van der Waals surface area contributed by atoms with Crippen molar-refractivity contribution in [3.8, 4) is 0 Å². The fraction of sp³-hybridized carbons (Fsp3) is 0.567. The van der Waals surface area contributed by atoms with Crippen molar-refractivity contribution in [2.24, 2.45) is 5.92 Å². The number of fused-ring (bicyclic) bond motifs is 1. The van der Waals surface area contributed by atoms with Gasteiger partial charge in [0.2, 0.25) is 0 Å². The number of carboxylic acids is 1. The smallest absolute Gasteiger partial charge is 0.417 e. The molecular formula is C30H33F4N3O4. The molecule has 2 atom stereocenters. The summed E-state index contributed by atoms with van der Waals surface area (Å²) in [5, 5.41) is 9.26. The molecule has 3 fully saturated rings. The van der Waals surface area contributed by atoms with Gasteiger partial charge in [-0.05, 0) is 92.8 Å². The zero-order valence-corrected chi connectivity index (χ0v) is 22.6. The average Bonchev–Trinajstić information content (AvgIpc) is 3.82. The number of halogens is 4. The molecule has 1 saturated carbocycles. The van der Waals surface area contributed by atoms with Gasteiger partial charge in [0.05, 0.1) is 17.7 Å². The number of aromatic nitrogens is 1. The number of pyridine rings is 1. The number of carbonyl (C=O) groups excluding carboxylic acids is 1. The van der Waals surface area contributed by atoms with E-state index in [4.69, 9.17) is 4.74 Å². The summed E-state index contributed by atoms with van der Waals surface area (Å²) < 4.78 is 60.1. The van der Waals surface area contributed by atoms with E-state index >= 15 is 0 Å². The van der Waals surface area contributed by atoms with Crippen LogP contribution in [0.4, 0.5) is 17.6 Å². The average molecular weight is 576 g/mol. The summed E-state index contributed by atoms with van der Waals surface area (Å²) >= 11 is 0. The molecular weight excluding hydrogens is 542 g/mol. The number of alkyl halides is 3. The quantitative estimate of drug-likeness (QED) is 0.504. The highest BCUT2D eigenvalue weighted by molar-refractivity contribution is 5.88. The minimum Gasteiger partial charge on any atom is -0.478 e. The number of hydrogen-bond donors (Lipinski definition) is 1. The summed E-state index contributed by atoms with van der Waals surface area (Å²) in [6.45, 7) is 2.51. The summed E-state index contributed by atoms with van der Waals surface area (Å²) in [5.74, 6) is -1.85. The largest absolute Gasteiger partial charge is 0.478 e. The van der Waals surface area contributed by atoms with Gasteiger partial charge in [0.15, 0.2) is 0 Å². The molecule has 220 valence electrons. The maximum atomic E-state index is 13.9. The summed E-state index contributed by atoms with van der Waals surface area (Å²) in [4.78, 5) is 33.3. The highest BCUT2D eigenvalue weighted by Crippen LogP contribution is 2.48. The van der Waals surface area contributed by atoms with Crippen LogP contribution in [0.3, 0.4) is 0 Å². The van der Waals surface area contributed by atoms with Crippen LogP contribution in [0.5, 0.6) is 0 Å². The van der Waals surface area contributed by atoms with Crippen LogP contribution in [0, 0.1) is 11.7 Å². The molecule has 4 aliphatic rings. The van der Waals surface area contributed by atoms with Gasteiger partial charge in [0.1, 0.15) is 11.4 Å². The van der Waals surface area contributed by atoms with Crippen LogP contribution in [0.2, 0.25) is 0 Å². The molecule has 6 rings (SSSR count). The molecule has 0 radical (unpaired) electrons. The lowest BCUT2D eigenvalue weighted by Gasteiger charge is -2.46. The van der Waals surface area contributed by atoms with Gasteiger partial charge in [-0.25, -0.2) is 9.18 Å². The lowest BCUT2D eigenvalue weighted by atomic mass is 9.83. The van der Waals surface area contributed by atoms with Gasteiger partial charge in [-0.15, -0.1) is 0 Å². The molecule has 3 aliphatic heterocycles. The standard InChI is InChI=1S/C30H33F4N3O4/c31-25-4-1-19(14-24(25)27(38)39)18-6-10-36(11-7-18)23-5-9-29(41-17-23,21-2-3-21)28(40)37-12-8-26-20(16-37)13-22(15-35-26)30(32,33)34/h1,4,13-15,18,21,23H,2-3,5-12,16-17H2,(H,38,39)/t23?,29-/m0/s1. The predicted octanol–water partition coefficient (Wildman–Crippen LogP) is 5.03. The van der Waals surface area contributed by atoms with Crippen LogP contribution < -0.4 is 0 Å². The Morgan fingerprint density at radius 1 is 1.05 bits per heavy atom. The molecule has 0 spiro atoms. The van der Waals surface area contributed by atoms with E-state index in [1.165, 1.54) is 12.1 Å². The van der Waals surface area contributed by atoms with E-state index in [2.05, 4.69) is 9.88 Å². The Hall–Kier alpha value is -3.05. The van der Waals surface area contributed by atoms with Crippen molar-refractivity contribution in [1.29, 1.82) is 0 Å². The maximum absolute atomic E-state index is 13.9. The monoisotopic (exact) mass is 575 g/mol. The minimum atomic E-state index is -4.49. The molecule has 41 heavy (non-hydrogen) atoms. The van der Waals surface area contributed by atoms with E-state index in [-0.39, 0.29) is 35.9 Å². The van der Waals surface area contributed by atoms with Gasteiger partial charge >= 0.3 is 12.1 Å². The van der Waals surface area contributed by atoms with E-state index in [0.717, 1.165) is 63.0 Å². The van der Waals surface area contributed by atoms with Crippen molar-refractivity contribution in [2.45, 2.75) is 75.2 Å². The van der Waals surface area contributed by atoms with Gasteiger partial charge in [0.25, 0.3) is 5.91 Å². The minimum absolute atomic E-state index is 0.104. The number of benzene rings is 1. The summed E-state index contributed by atoms with van der Waals surface area (Å²) in [5.41, 5.74) is -0.148.